The van der Waals surface area contributed by atoms with E-state index in [1.165, 1.54) is 12.1 Å². The van der Waals surface area contributed by atoms with E-state index in [-0.39, 0.29) is 11.6 Å². The summed E-state index contributed by atoms with van der Waals surface area (Å²) in [5.41, 5.74) is 2.10. The lowest BCUT2D eigenvalue weighted by atomic mass is 10.1. The van der Waals surface area contributed by atoms with Gasteiger partial charge in [-0.1, -0.05) is 6.92 Å². The fraction of sp³-hybridized carbons (Fsp3) is 0.200. The lowest BCUT2D eigenvalue weighted by molar-refractivity contribution is 0.0977. The minimum atomic E-state index is -0.286. The van der Waals surface area contributed by atoms with Crippen LogP contribution in [-0.2, 0) is 0 Å². The highest BCUT2D eigenvalue weighted by molar-refractivity contribution is 6.09. The summed E-state index contributed by atoms with van der Waals surface area (Å²) in [4.78, 5) is 19.2. The molecule has 96 valence electrons. The molecule has 0 spiro atoms. The fourth-order valence-corrected chi connectivity index (χ4v) is 2.28. The van der Waals surface area contributed by atoms with E-state index < -0.39 is 0 Å². The van der Waals surface area contributed by atoms with Crippen LogP contribution in [0.4, 0.5) is 4.39 Å². The molecule has 3 rings (SSSR count). The van der Waals surface area contributed by atoms with Crippen LogP contribution in [0.3, 0.4) is 0 Å². The highest BCUT2D eigenvalue weighted by Gasteiger charge is 2.11. The molecule has 0 aliphatic carbocycles. The van der Waals surface area contributed by atoms with Crippen molar-refractivity contribution >= 4 is 27.6 Å². The van der Waals surface area contributed by atoms with Crippen LogP contribution in [0.2, 0.25) is 0 Å². The number of benzene rings is 1. The van der Waals surface area contributed by atoms with E-state index in [9.17, 15) is 9.18 Å². The van der Waals surface area contributed by atoms with Gasteiger partial charge in [-0.15, -0.1) is 0 Å². The Morgan fingerprint density at radius 3 is 2.84 bits per heavy atom. The van der Waals surface area contributed by atoms with Crippen LogP contribution < -0.4 is 0 Å². The number of halogens is 1. The minimum Gasteiger partial charge on any atom is -0.353 e. The summed E-state index contributed by atoms with van der Waals surface area (Å²) in [5, 5.41) is 1.62. The molecule has 0 saturated heterocycles. The quantitative estimate of drug-likeness (QED) is 0.724. The van der Waals surface area contributed by atoms with Crippen molar-refractivity contribution in [3.8, 4) is 0 Å². The van der Waals surface area contributed by atoms with Gasteiger partial charge >= 0.3 is 0 Å². The van der Waals surface area contributed by atoms with Crippen molar-refractivity contribution in [2.75, 3.05) is 0 Å². The van der Waals surface area contributed by atoms with Gasteiger partial charge in [-0.2, -0.15) is 0 Å². The first kappa shape index (κ1) is 11.8. The zero-order chi connectivity index (χ0) is 13.4. The molecule has 0 aliphatic rings. The van der Waals surface area contributed by atoms with Gasteiger partial charge < -0.3 is 4.98 Å². The molecule has 0 amide bonds. The minimum absolute atomic E-state index is 0.0233. The number of aromatic amines is 1. The molecule has 0 fully saturated rings. The van der Waals surface area contributed by atoms with Crippen LogP contribution in [0, 0.1) is 5.82 Å². The third-order valence-corrected chi connectivity index (χ3v) is 3.21. The summed E-state index contributed by atoms with van der Waals surface area (Å²) in [6.45, 7) is 1.96. The molecular formula is C15H13FN2O. The molecule has 19 heavy (non-hydrogen) atoms. The van der Waals surface area contributed by atoms with Gasteiger partial charge in [0.1, 0.15) is 11.5 Å². The number of hydrogen-bond donors (Lipinski definition) is 1. The first-order valence-corrected chi connectivity index (χ1v) is 6.29. The van der Waals surface area contributed by atoms with Crippen LogP contribution in [0.25, 0.3) is 21.8 Å². The average molecular weight is 256 g/mol. The second-order valence-electron chi connectivity index (χ2n) is 4.60. The predicted octanol–water partition coefficient (Wildman–Crippen LogP) is 3.84. The molecule has 0 aliphatic heterocycles. The van der Waals surface area contributed by atoms with Crippen LogP contribution in [0.15, 0.2) is 30.5 Å². The number of aromatic nitrogens is 2. The molecule has 4 heteroatoms. The zero-order valence-electron chi connectivity index (χ0n) is 10.5. The summed E-state index contributed by atoms with van der Waals surface area (Å²) in [7, 11) is 0. The Hall–Kier alpha value is -2.23. The predicted molar refractivity (Wildman–Crippen MR) is 72.8 cm³/mol. The van der Waals surface area contributed by atoms with E-state index in [0.29, 0.717) is 12.1 Å². The number of carbonyl (C=O) groups is 1. The number of carbonyl (C=O) groups excluding carboxylic acids is 1. The largest absolute Gasteiger partial charge is 0.353 e. The number of pyridine rings is 1. The molecule has 3 nitrogen and oxygen atoms in total. The molecule has 2 heterocycles. The SMILES string of the molecule is CCCC(=O)c1cc2c(cn1)[nH]c1ccc(F)cc12. The number of fused-ring (bicyclic) bond motifs is 3. The van der Waals surface area contributed by atoms with Crippen LogP contribution in [0.5, 0.6) is 0 Å². The van der Waals surface area contributed by atoms with Crippen LogP contribution in [-0.4, -0.2) is 15.8 Å². The number of H-pyrrole nitrogens is 1. The van der Waals surface area contributed by atoms with Crippen molar-refractivity contribution in [1.82, 2.24) is 9.97 Å². The van der Waals surface area contributed by atoms with E-state index in [1.807, 2.05) is 6.92 Å². The number of Topliss-reactive ketones (excluding diaryl/α,β-unsaturated/α-hetero) is 1. The standard InChI is InChI=1S/C15H13FN2O/c1-2-3-15(19)13-7-11-10-6-9(16)4-5-12(10)18-14(11)8-17-13/h4-8,18H,2-3H2,1H3. The number of ketones is 1. The van der Waals surface area contributed by atoms with E-state index in [1.54, 1.807) is 18.3 Å². The maximum Gasteiger partial charge on any atom is 0.181 e. The fourth-order valence-electron chi connectivity index (χ4n) is 2.28. The van der Waals surface area contributed by atoms with Crippen molar-refractivity contribution in [2.24, 2.45) is 0 Å². The summed E-state index contributed by atoms with van der Waals surface area (Å²) in [6, 6.07) is 6.32. The van der Waals surface area contributed by atoms with Gasteiger partial charge in [0.25, 0.3) is 0 Å². The first-order chi connectivity index (χ1) is 9.19. The van der Waals surface area contributed by atoms with Gasteiger partial charge in [0.05, 0.1) is 11.7 Å². The van der Waals surface area contributed by atoms with Crippen molar-refractivity contribution < 1.29 is 9.18 Å². The molecule has 0 bridgehead atoms. The van der Waals surface area contributed by atoms with E-state index >= 15 is 0 Å². The van der Waals surface area contributed by atoms with Gasteiger partial charge in [0.15, 0.2) is 5.78 Å². The van der Waals surface area contributed by atoms with Crippen molar-refractivity contribution in [3.63, 3.8) is 0 Å². The number of nitrogens with one attached hydrogen (secondary N) is 1. The van der Waals surface area contributed by atoms with Crippen molar-refractivity contribution in [3.05, 3.63) is 42.0 Å². The summed E-state index contributed by atoms with van der Waals surface area (Å²) < 4.78 is 13.3. The topological polar surface area (TPSA) is 45.8 Å². The monoisotopic (exact) mass is 256 g/mol. The maximum atomic E-state index is 13.3. The maximum absolute atomic E-state index is 13.3. The molecule has 0 saturated carbocycles. The van der Waals surface area contributed by atoms with E-state index in [4.69, 9.17) is 0 Å². The molecule has 1 aromatic carbocycles. The van der Waals surface area contributed by atoms with Gasteiger partial charge in [0, 0.05) is 22.7 Å². The number of nitrogens with zero attached hydrogens (tertiary/aromatic N) is 1. The molecular weight excluding hydrogens is 243 g/mol. The Labute approximate surface area is 109 Å². The van der Waals surface area contributed by atoms with Crippen molar-refractivity contribution in [1.29, 1.82) is 0 Å². The van der Waals surface area contributed by atoms with E-state index in [2.05, 4.69) is 9.97 Å². The Morgan fingerprint density at radius 2 is 2.05 bits per heavy atom. The summed E-state index contributed by atoms with van der Waals surface area (Å²) >= 11 is 0. The third-order valence-electron chi connectivity index (χ3n) is 3.21. The molecule has 0 radical (unpaired) electrons. The normalized spacial score (nSPS) is 11.3. The summed E-state index contributed by atoms with van der Waals surface area (Å²) in [5.74, 6) is -0.262. The highest BCUT2D eigenvalue weighted by atomic mass is 19.1. The van der Waals surface area contributed by atoms with Gasteiger partial charge in [-0.25, -0.2) is 4.39 Å². The summed E-state index contributed by atoms with van der Waals surface area (Å²) in [6.07, 6.45) is 2.91. The molecule has 2 aromatic heterocycles. The molecule has 0 unspecified atom stereocenters. The highest BCUT2D eigenvalue weighted by Crippen LogP contribution is 2.26. The van der Waals surface area contributed by atoms with E-state index in [0.717, 1.165) is 28.2 Å². The Bertz CT molecular complexity index is 776. The lowest BCUT2D eigenvalue weighted by Crippen LogP contribution is -2.00. The molecule has 0 atom stereocenters. The first-order valence-electron chi connectivity index (χ1n) is 6.29. The number of rotatable bonds is 3. The lowest BCUT2D eigenvalue weighted by Gasteiger charge is -1.98. The third kappa shape index (κ3) is 1.99. The second-order valence-corrected chi connectivity index (χ2v) is 4.60. The Balaban J connectivity index is 2.23. The zero-order valence-corrected chi connectivity index (χ0v) is 10.5. The number of hydrogen-bond acceptors (Lipinski definition) is 2. The Kier molecular flexibility index (Phi) is 2.78. The van der Waals surface area contributed by atoms with Crippen LogP contribution in [0.1, 0.15) is 30.3 Å². The van der Waals surface area contributed by atoms with Gasteiger partial charge in [-0.3, -0.25) is 9.78 Å². The van der Waals surface area contributed by atoms with Gasteiger partial charge in [0.2, 0.25) is 0 Å². The van der Waals surface area contributed by atoms with Crippen molar-refractivity contribution in [2.45, 2.75) is 19.8 Å². The average Bonchev–Trinajstić information content (AvgIpc) is 2.76. The van der Waals surface area contributed by atoms with Gasteiger partial charge in [-0.05, 0) is 30.7 Å². The smallest absolute Gasteiger partial charge is 0.181 e. The van der Waals surface area contributed by atoms with Crippen LogP contribution >= 0.6 is 0 Å². The molecule has 3 aromatic rings. The molecule has 1 N–H and O–H groups in total. The Morgan fingerprint density at radius 1 is 1.26 bits per heavy atom. The second kappa shape index (κ2) is 4.46.